The minimum Gasteiger partial charge on any atom is -0.289 e. The number of benzene rings is 1. The van der Waals surface area contributed by atoms with E-state index in [9.17, 15) is 17.6 Å². The van der Waals surface area contributed by atoms with E-state index in [-0.39, 0.29) is 27.9 Å². The van der Waals surface area contributed by atoms with Gasteiger partial charge in [0.15, 0.2) is 0 Å². The smallest absolute Gasteiger partial charge is 0.252 e. The van der Waals surface area contributed by atoms with Crippen molar-refractivity contribution in [2.45, 2.75) is 50.2 Å². The van der Waals surface area contributed by atoms with Crippen LogP contribution in [0.3, 0.4) is 0 Å². The summed E-state index contributed by atoms with van der Waals surface area (Å²) in [5.74, 6) is -0.382. The maximum Gasteiger partial charge on any atom is 0.252 e. The van der Waals surface area contributed by atoms with E-state index in [0.29, 0.717) is 27.9 Å². The third kappa shape index (κ3) is 5.30. The second-order valence-corrected chi connectivity index (χ2v) is 10.5. The summed E-state index contributed by atoms with van der Waals surface area (Å²) in [7, 11) is -3.72. The van der Waals surface area contributed by atoms with E-state index >= 15 is 0 Å². The van der Waals surface area contributed by atoms with E-state index in [1.54, 1.807) is 23.6 Å². The number of aryl methyl sites for hydroxylation is 1. The Morgan fingerprint density at radius 3 is 2.34 bits per heavy atom. The van der Waals surface area contributed by atoms with Gasteiger partial charge in [-0.1, -0.05) is 19.3 Å². The Hall–Kier alpha value is -2.03. The quantitative estimate of drug-likeness (QED) is 0.363. The van der Waals surface area contributed by atoms with Gasteiger partial charge in [0.05, 0.1) is 11.0 Å². The molecule has 0 bridgehead atoms. The molecule has 1 aromatic carbocycles. The molecule has 6 nitrogen and oxygen atoms in total. The summed E-state index contributed by atoms with van der Waals surface area (Å²) in [6.07, 6.45) is 5.90. The molecule has 2 heterocycles. The Morgan fingerprint density at radius 2 is 1.75 bits per heavy atom. The first-order chi connectivity index (χ1) is 15.2. The van der Waals surface area contributed by atoms with Crippen molar-refractivity contribution in [1.29, 1.82) is 0 Å². The van der Waals surface area contributed by atoms with Crippen LogP contribution in [0.4, 0.5) is 4.39 Å². The van der Waals surface area contributed by atoms with E-state index in [0.717, 1.165) is 38.4 Å². The van der Waals surface area contributed by atoms with Crippen LogP contribution in [0.1, 0.15) is 43.7 Å². The van der Waals surface area contributed by atoms with E-state index in [1.807, 2.05) is 0 Å². The average Bonchev–Trinajstić information content (AvgIpc) is 2.73. The Morgan fingerprint density at radius 1 is 1.09 bits per heavy atom. The molecule has 0 spiro atoms. The van der Waals surface area contributed by atoms with E-state index in [2.05, 4.69) is 9.97 Å². The van der Waals surface area contributed by atoms with Gasteiger partial charge >= 0.3 is 0 Å². The van der Waals surface area contributed by atoms with Crippen molar-refractivity contribution in [3.8, 4) is 11.3 Å². The molecule has 0 unspecified atom stereocenters. The van der Waals surface area contributed by atoms with Crippen molar-refractivity contribution < 1.29 is 12.8 Å². The van der Waals surface area contributed by atoms with Crippen LogP contribution in [-0.2, 0) is 9.84 Å². The lowest BCUT2D eigenvalue weighted by Crippen LogP contribution is -2.27. The zero-order valence-corrected chi connectivity index (χ0v) is 20.1. The fraction of sp³-hybridized carbons (Fsp3) is 0.409. The molecule has 1 aliphatic rings. The number of alkyl halides is 2. The van der Waals surface area contributed by atoms with Gasteiger partial charge in [-0.05, 0) is 49.6 Å². The van der Waals surface area contributed by atoms with Crippen LogP contribution >= 0.6 is 23.2 Å². The van der Waals surface area contributed by atoms with Crippen molar-refractivity contribution in [2.24, 2.45) is 0 Å². The molecule has 1 fully saturated rings. The highest BCUT2D eigenvalue weighted by atomic mass is 35.5. The van der Waals surface area contributed by atoms with E-state index in [4.69, 9.17) is 23.2 Å². The van der Waals surface area contributed by atoms with Crippen LogP contribution in [0.2, 0.25) is 0 Å². The minimum absolute atomic E-state index is 0.0237. The molecule has 3 aromatic rings. The lowest BCUT2D eigenvalue weighted by Gasteiger charge is -2.25. The molecular formula is C22H24Cl2FN3O3S. The van der Waals surface area contributed by atoms with Crippen molar-refractivity contribution in [3.05, 3.63) is 52.1 Å². The number of nitrogens with zero attached hydrogens (tertiary/aromatic N) is 3. The molecule has 0 saturated heterocycles. The highest BCUT2D eigenvalue weighted by molar-refractivity contribution is 7.90. The number of halogens is 3. The molecule has 172 valence electrons. The number of pyridine rings is 1. The molecule has 1 saturated carbocycles. The second kappa shape index (κ2) is 10.3. The fourth-order valence-corrected chi connectivity index (χ4v) is 4.58. The fourth-order valence-electron chi connectivity index (χ4n) is 4.07. The van der Waals surface area contributed by atoms with Gasteiger partial charge in [-0.2, -0.15) is 4.98 Å². The number of fused-ring (bicyclic) bond motifs is 1. The molecule has 0 radical (unpaired) electrons. The molecule has 0 N–H and O–H groups in total. The number of aromatic nitrogens is 3. The van der Waals surface area contributed by atoms with Crippen LogP contribution in [0.5, 0.6) is 0 Å². The highest BCUT2D eigenvalue weighted by Crippen LogP contribution is 2.33. The highest BCUT2D eigenvalue weighted by Gasteiger charge is 2.24. The van der Waals surface area contributed by atoms with Gasteiger partial charge in [-0.3, -0.25) is 9.36 Å². The number of hydrogen-bond acceptors (Lipinski definition) is 5. The Labute approximate surface area is 196 Å². The summed E-state index contributed by atoms with van der Waals surface area (Å²) in [4.78, 5) is 21.4. The molecule has 0 atom stereocenters. The van der Waals surface area contributed by atoms with E-state index in [1.165, 1.54) is 18.2 Å². The standard InChI is InChI=1S/C21H22FN3O3S.CH2Cl2/c1-13-12-14(22)8-9-16(13)19-17-10-11-18(26)25(15-6-4-3-5-7-15)20(17)24-21(23-19)29(2,27)28;2-1-3/h8-12,15H,3-7H2,1-2H3;1H2. The Balaban J connectivity index is 0.000000913. The largest absolute Gasteiger partial charge is 0.289 e. The molecule has 32 heavy (non-hydrogen) atoms. The van der Waals surface area contributed by atoms with Gasteiger partial charge < -0.3 is 0 Å². The van der Waals surface area contributed by atoms with Gasteiger partial charge in [-0.15, -0.1) is 23.2 Å². The third-order valence-corrected chi connectivity index (χ3v) is 6.32. The van der Waals surface area contributed by atoms with Gasteiger partial charge in [-0.25, -0.2) is 17.8 Å². The first-order valence-corrected chi connectivity index (χ1v) is 13.1. The summed E-state index contributed by atoms with van der Waals surface area (Å²) < 4.78 is 39.8. The van der Waals surface area contributed by atoms with Crippen molar-refractivity contribution in [1.82, 2.24) is 14.5 Å². The van der Waals surface area contributed by atoms with E-state index < -0.39 is 9.84 Å². The minimum atomic E-state index is -3.72. The number of rotatable bonds is 3. The molecular weight excluding hydrogens is 476 g/mol. The Bertz CT molecular complexity index is 1290. The predicted molar refractivity (Wildman–Crippen MR) is 126 cm³/mol. The first kappa shape index (κ1) is 24.6. The summed E-state index contributed by atoms with van der Waals surface area (Å²) in [5.41, 5.74) is 1.73. The van der Waals surface area contributed by atoms with Crippen LogP contribution < -0.4 is 5.56 Å². The maximum absolute atomic E-state index is 13.6. The zero-order valence-electron chi connectivity index (χ0n) is 17.8. The topological polar surface area (TPSA) is 81.9 Å². The van der Waals surface area contributed by atoms with Gasteiger partial charge in [0.25, 0.3) is 5.56 Å². The monoisotopic (exact) mass is 499 g/mol. The van der Waals surface area contributed by atoms with Crippen LogP contribution in [0.25, 0.3) is 22.3 Å². The normalized spacial score (nSPS) is 14.8. The van der Waals surface area contributed by atoms with Gasteiger partial charge in [0.2, 0.25) is 15.0 Å². The molecule has 4 rings (SSSR count). The predicted octanol–water partition coefficient (Wildman–Crippen LogP) is 5.24. The Kier molecular flexibility index (Phi) is 7.90. The van der Waals surface area contributed by atoms with Crippen LogP contribution in [-0.4, -0.2) is 34.5 Å². The lowest BCUT2D eigenvalue weighted by atomic mass is 9.95. The van der Waals surface area contributed by atoms with Crippen LogP contribution in [0, 0.1) is 12.7 Å². The summed E-state index contributed by atoms with van der Waals surface area (Å²) in [6, 6.07) is 7.34. The third-order valence-electron chi connectivity index (χ3n) is 5.48. The molecule has 2 aromatic heterocycles. The SMILES string of the molecule is Cc1cc(F)ccc1-c1nc(S(C)(=O)=O)nc2c1ccc(=O)n2C1CCCCC1.ClCCl. The maximum atomic E-state index is 13.6. The summed E-state index contributed by atoms with van der Waals surface area (Å²) in [6.45, 7) is 1.74. The summed E-state index contributed by atoms with van der Waals surface area (Å²) in [5, 5.41) is 0.441. The molecule has 0 amide bonds. The van der Waals surface area contributed by atoms with Crippen molar-refractivity contribution in [2.75, 3.05) is 11.6 Å². The second-order valence-electron chi connectivity index (χ2n) is 7.76. The average molecular weight is 500 g/mol. The number of hydrogen-bond donors (Lipinski definition) is 0. The van der Waals surface area contributed by atoms with Crippen LogP contribution in [0.15, 0.2) is 40.3 Å². The zero-order chi connectivity index (χ0) is 23.5. The summed E-state index contributed by atoms with van der Waals surface area (Å²) >= 11 is 9.53. The molecule has 0 aliphatic heterocycles. The van der Waals surface area contributed by atoms with Gasteiger partial charge in [0.1, 0.15) is 11.5 Å². The number of sulfone groups is 1. The van der Waals surface area contributed by atoms with Crippen molar-refractivity contribution in [3.63, 3.8) is 0 Å². The molecule has 1 aliphatic carbocycles. The first-order valence-electron chi connectivity index (χ1n) is 10.2. The molecule has 10 heteroatoms. The van der Waals surface area contributed by atoms with Gasteiger partial charge in [0, 0.05) is 29.3 Å². The van der Waals surface area contributed by atoms with Crippen molar-refractivity contribution >= 4 is 44.1 Å². The lowest BCUT2D eigenvalue weighted by molar-refractivity contribution is 0.352.